The van der Waals surface area contributed by atoms with Crippen molar-refractivity contribution in [2.45, 2.75) is 6.54 Å². The third kappa shape index (κ3) is 4.42. The van der Waals surface area contributed by atoms with Crippen molar-refractivity contribution < 1.29 is 9.72 Å². The number of nitrogens with zero attached hydrogens (tertiary/aromatic N) is 3. The van der Waals surface area contributed by atoms with Crippen LogP contribution in [0.15, 0.2) is 84.9 Å². The molecular formula is C23H17N3O3S. The van der Waals surface area contributed by atoms with Crippen molar-refractivity contribution in [3.8, 4) is 0 Å². The van der Waals surface area contributed by atoms with Crippen LogP contribution in [0.3, 0.4) is 0 Å². The predicted molar refractivity (Wildman–Crippen MR) is 119 cm³/mol. The van der Waals surface area contributed by atoms with Gasteiger partial charge in [-0.2, -0.15) is 0 Å². The number of benzene rings is 3. The summed E-state index contributed by atoms with van der Waals surface area (Å²) in [6.45, 7) is 0.374. The van der Waals surface area contributed by atoms with Crippen molar-refractivity contribution in [3.05, 3.63) is 106 Å². The second-order valence-corrected chi connectivity index (χ2v) is 7.57. The summed E-state index contributed by atoms with van der Waals surface area (Å²) in [5.41, 5.74) is 2.39. The maximum atomic E-state index is 13.1. The number of anilines is 1. The van der Waals surface area contributed by atoms with Gasteiger partial charge in [-0.1, -0.05) is 65.9 Å². The average Bonchev–Trinajstić information content (AvgIpc) is 3.20. The van der Waals surface area contributed by atoms with Crippen LogP contribution in [-0.2, 0) is 11.3 Å². The third-order valence-corrected chi connectivity index (χ3v) is 5.52. The van der Waals surface area contributed by atoms with Gasteiger partial charge in [-0.05, 0) is 29.3 Å². The molecule has 1 heterocycles. The number of thiazole rings is 1. The molecule has 0 N–H and O–H groups in total. The van der Waals surface area contributed by atoms with Gasteiger partial charge in [-0.3, -0.25) is 19.8 Å². The molecule has 0 saturated carbocycles. The van der Waals surface area contributed by atoms with E-state index < -0.39 is 4.92 Å². The normalized spacial score (nSPS) is 11.1. The summed E-state index contributed by atoms with van der Waals surface area (Å²) in [7, 11) is 0. The van der Waals surface area contributed by atoms with Crippen LogP contribution in [0, 0.1) is 10.1 Å². The first-order valence-electron chi connectivity index (χ1n) is 9.24. The molecule has 0 saturated heterocycles. The molecule has 0 fully saturated rings. The summed E-state index contributed by atoms with van der Waals surface area (Å²) < 4.78 is 1.00. The molecule has 4 rings (SSSR count). The summed E-state index contributed by atoms with van der Waals surface area (Å²) in [6.07, 6.45) is 3.01. The van der Waals surface area contributed by atoms with E-state index in [-0.39, 0.29) is 11.6 Å². The quantitative estimate of drug-likeness (QED) is 0.238. The molecule has 0 atom stereocenters. The monoisotopic (exact) mass is 415 g/mol. The first kappa shape index (κ1) is 19.5. The smallest absolute Gasteiger partial charge is 0.270 e. The van der Waals surface area contributed by atoms with E-state index in [0.717, 1.165) is 15.8 Å². The number of non-ortho nitro benzene ring substituents is 1. The molecule has 4 aromatic rings. The number of hydrogen-bond acceptors (Lipinski definition) is 5. The van der Waals surface area contributed by atoms with E-state index in [9.17, 15) is 14.9 Å². The molecule has 0 aliphatic heterocycles. The van der Waals surface area contributed by atoms with Gasteiger partial charge in [0, 0.05) is 18.2 Å². The van der Waals surface area contributed by atoms with E-state index in [1.165, 1.54) is 29.5 Å². The SMILES string of the molecule is O=C(/C=C/c1cccc([N+](=O)[O-])c1)N(Cc1ccccc1)c1nc2ccccc2s1. The number of amides is 1. The lowest BCUT2D eigenvalue weighted by Gasteiger charge is -2.18. The predicted octanol–water partition coefficient (Wildman–Crippen LogP) is 5.45. The molecule has 0 aliphatic carbocycles. The van der Waals surface area contributed by atoms with Gasteiger partial charge < -0.3 is 0 Å². The Morgan fingerprint density at radius 2 is 1.80 bits per heavy atom. The van der Waals surface area contributed by atoms with Crippen LogP contribution in [0.5, 0.6) is 0 Å². The summed E-state index contributed by atoms with van der Waals surface area (Å²) in [5, 5.41) is 11.6. The summed E-state index contributed by atoms with van der Waals surface area (Å²) >= 11 is 1.45. The fourth-order valence-corrected chi connectivity index (χ4v) is 3.95. The first-order valence-corrected chi connectivity index (χ1v) is 10.1. The highest BCUT2D eigenvalue weighted by Gasteiger charge is 2.18. The summed E-state index contributed by atoms with van der Waals surface area (Å²) in [4.78, 5) is 29.8. The number of para-hydroxylation sites is 1. The number of carbonyl (C=O) groups excluding carboxylic acids is 1. The molecule has 6 nitrogen and oxygen atoms in total. The highest BCUT2D eigenvalue weighted by Crippen LogP contribution is 2.30. The lowest BCUT2D eigenvalue weighted by Crippen LogP contribution is -2.28. The van der Waals surface area contributed by atoms with Gasteiger partial charge in [0.1, 0.15) is 0 Å². The Morgan fingerprint density at radius 3 is 2.57 bits per heavy atom. The average molecular weight is 415 g/mol. The fourth-order valence-electron chi connectivity index (χ4n) is 2.98. The number of hydrogen-bond donors (Lipinski definition) is 0. The molecule has 148 valence electrons. The van der Waals surface area contributed by atoms with Gasteiger partial charge in [0.15, 0.2) is 5.13 Å². The molecule has 1 amide bonds. The van der Waals surface area contributed by atoms with Crippen molar-refractivity contribution in [2.75, 3.05) is 4.90 Å². The van der Waals surface area contributed by atoms with E-state index in [4.69, 9.17) is 0 Å². The van der Waals surface area contributed by atoms with Gasteiger partial charge >= 0.3 is 0 Å². The minimum absolute atomic E-state index is 0.0167. The van der Waals surface area contributed by atoms with Crippen LogP contribution in [-0.4, -0.2) is 15.8 Å². The topological polar surface area (TPSA) is 76.3 Å². The molecule has 0 bridgehead atoms. The van der Waals surface area contributed by atoms with Gasteiger partial charge in [0.2, 0.25) is 0 Å². The van der Waals surface area contributed by atoms with E-state index in [1.807, 2.05) is 54.6 Å². The Balaban J connectivity index is 1.65. The molecule has 7 heteroatoms. The Hall–Kier alpha value is -3.84. The van der Waals surface area contributed by atoms with Crippen LogP contribution in [0.25, 0.3) is 16.3 Å². The lowest BCUT2D eigenvalue weighted by molar-refractivity contribution is -0.384. The second kappa shape index (κ2) is 8.67. The minimum Gasteiger partial charge on any atom is -0.280 e. The highest BCUT2D eigenvalue weighted by atomic mass is 32.1. The summed E-state index contributed by atoms with van der Waals surface area (Å²) in [5.74, 6) is -0.246. The number of fused-ring (bicyclic) bond motifs is 1. The third-order valence-electron chi connectivity index (χ3n) is 4.46. The van der Waals surface area contributed by atoms with Gasteiger partial charge in [-0.25, -0.2) is 4.98 Å². The number of rotatable bonds is 6. The highest BCUT2D eigenvalue weighted by molar-refractivity contribution is 7.22. The van der Waals surface area contributed by atoms with Crippen LogP contribution < -0.4 is 4.90 Å². The van der Waals surface area contributed by atoms with Crippen molar-refractivity contribution in [1.82, 2.24) is 4.98 Å². The van der Waals surface area contributed by atoms with Crippen LogP contribution in [0.1, 0.15) is 11.1 Å². The van der Waals surface area contributed by atoms with Crippen LogP contribution in [0.2, 0.25) is 0 Å². The molecule has 0 radical (unpaired) electrons. The number of aromatic nitrogens is 1. The number of nitro groups is 1. The molecule has 0 aliphatic rings. The van der Waals surface area contributed by atoms with Gasteiger partial charge in [0.25, 0.3) is 11.6 Å². The van der Waals surface area contributed by atoms with Crippen LogP contribution in [0.4, 0.5) is 10.8 Å². The lowest BCUT2D eigenvalue weighted by atomic mass is 10.2. The van der Waals surface area contributed by atoms with E-state index in [0.29, 0.717) is 17.2 Å². The summed E-state index contributed by atoms with van der Waals surface area (Å²) in [6, 6.07) is 23.6. The molecule has 3 aromatic carbocycles. The molecule has 0 spiro atoms. The zero-order valence-electron chi connectivity index (χ0n) is 15.8. The minimum atomic E-state index is -0.456. The zero-order valence-corrected chi connectivity index (χ0v) is 16.7. The first-order chi connectivity index (χ1) is 14.6. The number of carbonyl (C=O) groups is 1. The molecular weight excluding hydrogens is 398 g/mol. The largest absolute Gasteiger partial charge is 0.280 e. The van der Waals surface area contributed by atoms with Gasteiger partial charge in [-0.15, -0.1) is 0 Å². The van der Waals surface area contributed by atoms with E-state index >= 15 is 0 Å². The van der Waals surface area contributed by atoms with E-state index in [1.54, 1.807) is 23.1 Å². The maximum Gasteiger partial charge on any atom is 0.270 e. The van der Waals surface area contributed by atoms with Gasteiger partial charge in [0.05, 0.1) is 21.7 Å². The van der Waals surface area contributed by atoms with Crippen molar-refractivity contribution >= 4 is 44.4 Å². The second-order valence-electron chi connectivity index (χ2n) is 6.56. The molecule has 30 heavy (non-hydrogen) atoms. The standard InChI is InChI=1S/C23H17N3O3S/c27-22(14-13-17-9-6-10-19(15-17)26(28)29)25(16-18-7-2-1-3-8-18)23-24-20-11-4-5-12-21(20)30-23/h1-15H,16H2/b14-13+. The Morgan fingerprint density at radius 1 is 1.03 bits per heavy atom. The molecule has 0 unspecified atom stereocenters. The zero-order chi connectivity index (χ0) is 20.9. The Bertz CT molecular complexity index is 1200. The van der Waals surface area contributed by atoms with Crippen molar-refractivity contribution in [1.29, 1.82) is 0 Å². The van der Waals surface area contributed by atoms with Crippen molar-refractivity contribution in [3.63, 3.8) is 0 Å². The number of nitro benzene ring substituents is 1. The van der Waals surface area contributed by atoms with E-state index in [2.05, 4.69) is 4.98 Å². The molecule has 1 aromatic heterocycles. The van der Waals surface area contributed by atoms with Crippen molar-refractivity contribution in [2.24, 2.45) is 0 Å². The fraction of sp³-hybridized carbons (Fsp3) is 0.0435. The Labute approximate surface area is 176 Å². The Kier molecular flexibility index (Phi) is 5.63. The van der Waals surface area contributed by atoms with Crippen LogP contribution >= 0.6 is 11.3 Å². The maximum absolute atomic E-state index is 13.1.